The van der Waals surface area contributed by atoms with Crippen LogP contribution in [0.1, 0.15) is 6.42 Å². The second kappa shape index (κ2) is 4.58. The Hall–Kier alpha value is -1.27. The molecule has 1 aromatic rings. The third-order valence-corrected chi connectivity index (χ3v) is 1.51. The van der Waals surface area contributed by atoms with Crippen molar-refractivity contribution in [1.29, 1.82) is 0 Å². The van der Waals surface area contributed by atoms with Crippen molar-refractivity contribution in [2.45, 2.75) is 6.42 Å². The van der Waals surface area contributed by atoms with Crippen LogP contribution in [0.3, 0.4) is 0 Å². The molecule has 0 aromatic carbocycles. The minimum Gasteiger partial charge on any atom is -0.368 e. The first-order chi connectivity index (χ1) is 5.84. The fourth-order valence-electron chi connectivity index (χ4n) is 0.696. The molecule has 62 valence electrons. The molecular formula is C8H8ClN3. The quantitative estimate of drug-likeness (QED) is 0.568. The van der Waals surface area contributed by atoms with Crippen molar-refractivity contribution < 1.29 is 0 Å². The molecule has 0 saturated carbocycles. The van der Waals surface area contributed by atoms with Gasteiger partial charge in [0.2, 0.25) is 0 Å². The van der Waals surface area contributed by atoms with Crippen molar-refractivity contribution in [1.82, 2.24) is 9.97 Å². The van der Waals surface area contributed by atoms with Gasteiger partial charge in [0, 0.05) is 13.0 Å². The van der Waals surface area contributed by atoms with Gasteiger partial charge < -0.3 is 5.32 Å². The SMILES string of the molecule is C#CCCNc1ncncc1Cl. The van der Waals surface area contributed by atoms with E-state index in [0.29, 0.717) is 23.8 Å². The molecule has 1 heterocycles. The largest absolute Gasteiger partial charge is 0.368 e. The van der Waals surface area contributed by atoms with Crippen molar-refractivity contribution in [3.05, 3.63) is 17.5 Å². The van der Waals surface area contributed by atoms with Crippen molar-refractivity contribution in [3.63, 3.8) is 0 Å². The number of nitrogens with one attached hydrogen (secondary N) is 1. The summed E-state index contributed by atoms with van der Waals surface area (Å²) in [6.07, 6.45) is 8.70. The van der Waals surface area contributed by atoms with E-state index in [2.05, 4.69) is 21.2 Å². The Kier molecular flexibility index (Phi) is 3.36. The van der Waals surface area contributed by atoms with Gasteiger partial charge >= 0.3 is 0 Å². The van der Waals surface area contributed by atoms with Crippen LogP contribution in [-0.2, 0) is 0 Å². The second-order valence-electron chi connectivity index (χ2n) is 2.10. The first-order valence-electron chi connectivity index (χ1n) is 3.47. The van der Waals surface area contributed by atoms with E-state index in [9.17, 15) is 0 Å². The van der Waals surface area contributed by atoms with Crippen molar-refractivity contribution in [2.75, 3.05) is 11.9 Å². The van der Waals surface area contributed by atoms with Crippen molar-refractivity contribution in [3.8, 4) is 12.3 Å². The van der Waals surface area contributed by atoms with Crippen LogP contribution in [0.2, 0.25) is 5.02 Å². The molecule has 4 heteroatoms. The van der Waals surface area contributed by atoms with Crippen LogP contribution in [-0.4, -0.2) is 16.5 Å². The molecule has 0 aliphatic heterocycles. The average molecular weight is 182 g/mol. The third-order valence-electron chi connectivity index (χ3n) is 1.23. The summed E-state index contributed by atoms with van der Waals surface area (Å²) in [6, 6.07) is 0. The van der Waals surface area contributed by atoms with E-state index in [-0.39, 0.29) is 0 Å². The molecule has 0 saturated heterocycles. The van der Waals surface area contributed by atoms with Crippen LogP contribution < -0.4 is 5.32 Å². The molecule has 3 nitrogen and oxygen atoms in total. The van der Waals surface area contributed by atoms with Crippen LogP contribution in [0.25, 0.3) is 0 Å². The summed E-state index contributed by atoms with van der Waals surface area (Å²) in [5.41, 5.74) is 0. The normalized spacial score (nSPS) is 9.00. The molecule has 0 bridgehead atoms. The molecule has 12 heavy (non-hydrogen) atoms. The Labute approximate surface area is 76.2 Å². The molecule has 0 aliphatic rings. The molecule has 1 N–H and O–H groups in total. The molecule has 0 amide bonds. The van der Waals surface area contributed by atoms with Gasteiger partial charge in [0.15, 0.2) is 0 Å². The zero-order valence-corrected chi connectivity index (χ0v) is 7.17. The Bertz CT molecular complexity index is 293. The summed E-state index contributed by atoms with van der Waals surface area (Å²) < 4.78 is 0. The van der Waals surface area contributed by atoms with E-state index in [0.717, 1.165) is 0 Å². The van der Waals surface area contributed by atoms with Gasteiger partial charge in [-0.2, -0.15) is 0 Å². The number of nitrogens with zero attached hydrogens (tertiary/aromatic N) is 2. The Morgan fingerprint density at radius 2 is 2.50 bits per heavy atom. The lowest BCUT2D eigenvalue weighted by molar-refractivity contribution is 1.06. The van der Waals surface area contributed by atoms with Crippen molar-refractivity contribution >= 4 is 17.4 Å². The molecule has 1 aromatic heterocycles. The number of rotatable bonds is 3. The van der Waals surface area contributed by atoms with Crippen LogP contribution in [0.15, 0.2) is 12.5 Å². The number of halogens is 1. The van der Waals surface area contributed by atoms with E-state index in [4.69, 9.17) is 18.0 Å². The highest BCUT2D eigenvalue weighted by atomic mass is 35.5. The highest BCUT2D eigenvalue weighted by molar-refractivity contribution is 6.32. The van der Waals surface area contributed by atoms with E-state index in [1.807, 2.05) is 0 Å². The van der Waals surface area contributed by atoms with Gasteiger partial charge in [0.1, 0.15) is 17.2 Å². The summed E-state index contributed by atoms with van der Waals surface area (Å²) in [4.78, 5) is 7.68. The number of hydrogen-bond donors (Lipinski definition) is 1. The average Bonchev–Trinajstić information content (AvgIpc) is 2.09. The van der Waals surface area contributed by atoms with Gasteiger partial charge in [-0.05, 0) is 0 Å². The first kappa shape index (κ1) is 8.82. The predicted octanol–water partition coefficient (Wildman–Crippen LogP) is 1.57. The second-order valence-corrected chi connectivity index (χ2v) is 2.51. The van der Waals surface area contributed by atoms with Crippen LogP contribution in [0.5, 0.6) is 0 Å². The fourth-order valence-corrected chi connectivity index (χ4v) is 0.868. The number of aromatic nitrogens is 2. The standard InChI is InChI=1S/C8H8ClN3/c1-2-3-4-11-8-7(9)5-10-6-12-8/h1,5-6H,3-4H2,(H,10,11,12). The molecule has 0 spiro atoms. The minimum atomic E-state index is 0.509. The summed E-state index contributed by atoms with van der Waals surface area (Å²) in [5, 5.41) is 3.50. The van der Waals surface area contributed by atoms with E-state index >= 15 is 0 Å². The molecule has 0 aliphatic carbocycles. The molecule has 0 atom stereocenters. The number of anilines is 1. The molecule has 0 fully saturated rings. The lowest BCUT2D eigenvalue weighted by Gasteiger charge is -2.02. The van der Waals surface area contributed by atoms with Crippen molar-refractivity contribution in [2.24, 2.45) is 0 Å². The number of terminal acetylenes is 1. The van der Waals surface area contributed by atoms with Gasteiger partial charge in [-0.3, -0.25) is 0 Å². The highest BCUT2D eigenvalue weighted by Crippen LogP contribution is 2.15. The number of hydrogen-bond acceptors (Lipinski definition) is 3. The lowest BCUT2D eigenvalue weighted by Crippen LogP contribution is -2.02. The van der Waals surface area contributed by atoms with Gasteiger partial charge in [0.05, 0.1) is 6.20 Å². The Morgan fingerprint density at radius 1 is 1.67 bits per heavy atom. The molecule has 1 rings (SSSR count). The zero-order valence-electron chi connectivity index (χ0n) is 6.42. The molecule has 0 unspecified atom stereocenters. The monoisotopic (exact) mass is 181 g/mol. The first-order valence-corrected chi connectivity index (χ1v) is 3.85. The summed E-state index contributed by atoms with van der Waals surface area (Å²) >= 11 is 5.76. The van der Waals surface area contributed by atoms with Gasteiger partial charge in [-0.15, -0.1) is 12.3 Å². The molecular weight excluding hydrogens is 174 g/mol. The Balaban J connectivity index is 2.53. The summed E-state index contributed by atoms with van der Waals surface area (Å²) in [6.45, 7) is 0.674. The topological polar surface area (TPSA) is 37.8 Å². The lowest BCUT2D eigenvalue weighted by atomic mass is 10.4. The van der Waals surface area contributed by atoms with E-state index in [1.165, 1.54) is 12.5 Å². The van der Waals surface area contributed by atoms with Gasteiger partial charge in [-0.25, -0.2) is 9.97 Å². The van der Waals surface area contributed by atoms with E-state index in [1.54, 1.807) is 0 Å². The summed E-state index contributed by atoms with van der Waals surface area (Å²) in [7, 11) is 0. The maximum atomic E-state index is 5.76. The smallest absolute Gasteiger partial charge is 0.148 e. The predicted molar refractivity (Wildman–Crippen MR) is 49.0 cm³/mol. The van der Waals surface area contributed by atoms with Crippen LogP contribution in [0, 0.1) is 12.3 Å². The maximum absolute atomic E-state index is 5.76. The zero-order chi connectivity index (χ0) is 8.81. The maximum Gasteiger partial charge on any atom is 0.148 e. The third kappa shape index (κ3) is 2.40. The highest BCUT2D eigenvalue weighted by Gasteiger charge is 1.97. The van der Waals surface area contributed by atoms with E-state index < -0.39 is 0 Å². The van der Waals surface area contributed by atoms with Crippen LogP contribution in [0.4, 0.5) is 5.82 Å². The molecule has 0 radical (unpaired) electrons. The minimum absolute atomic E-state index is 0.509. The van der Waals surface area contributed by atoms with Gasteiger partial charge in [0.25, 0.3) is 0 Å². The van der Waals surface area contributed by atoms with Gasteiger partial charge in [-0.1, -0.05) is 11.6 Å². The Morgan fingerprint density at radius 3 is 3.17 bits per heavy atom. The summed E-state index contributed by atoms with van der Waals surface area (Å²) in [5.74, 6) is 3.14. The van der Waals surface area contributed by atoms with Crippen LogP contribution >= 0.6 is 11.6 Å². The fraction of sp³-hybridized carbons (Fsp3) is 0.250.